The van der Waals surface area contributed by atoms with E-state index in [2.05, 4.69) is 16.2 Å². The Labute approximate surface area is 118 Å². The maximum absolute atomic E-state index is 9.10. The molecule has 0 fully saturated rings. The number of rotatable bonds is 5. The Morgan fingerprint density at radius 3 is 2.70 bits per heavy atom. The zero-order chi connectivity index (χ0) is 14.6. The highest BCUT2D eigenvalue weighted by molar-refractivity contribution is 5.60. The Kier molecular flexibility index (Phi) is 4.16. The molecule has 0 bridgehead atoms. The van der Waals surface area contributed by atoms with E-state index < -0.39 is 5.41 Å². The van der Waals surface area contributed by atoms with Crippen molar-refractivity contribution in [1.29, 1.82) is 5.26 Å². The average molecular weight is 270 g/mol. The van der Waals surface area contributed by atoms with Crippen molar-refractivity contribution in [1.82, 2.24) is 14.8 Å². The van der Waals surface area contributed by atoms with E-state index in [-0.39, 0.29) is 0 Å². The van der Waals surface area contributed by atoms with Gasteiger partial charge in [0.1, 0.15) is 0 Å². The number of hydrogen-bond donors (Lipinski definition) is 0. The van der Waals surface area contributed by atoms with E-state index >= 15 is 0 Å². The van der Waals surface area contributed by atoms with Gasteiger partial charge in [-0.05, 0) is 19.9 Å². The van der Waals surface area contributed by atoms with E-state index in [9.17, 15) is 0 Å². The van der Waals surface area contributed by atoms with Crippen LogP contribution in [0.2, 0.25) is 0 Å². The fourth-order valence-electron chi connectivity index (χ4n) is 1.81. The maximum atomic E-state index is 9.10. The zero-order valence-corrected chi connectivity index (χ0v) is 12.0. The first-order chi connectivity index (χ1) is 9.56. The highest BCUT2D eigenvalue weighted by Gasteiger charge is 2.21. The molecule has 0 radical (unpaired) electrons. The molecule has 0 aliphatic carbocycles. The van der Waals surface area contributed by atoms with E-state index in [1.807, 2.05) is 43.1 Å². The van der Waals surface area contributed by atoms with Gasteiger partial charge < -0.3 is 4.74 Å². The summed E-state index contributed by atoms with van der Waals surface area (Å²) >= 11 is 0. The Morgan fingerprint density at radius 1 is 1.30 bits per heavy atom. The van der Waals surface area contributed by atoms with Crippen LogP contribution in [-0.4, -0.2) is 28.5 Å². The second-order valence-electron chi connectivity index (χ2n) is 5.15. The fraction of sp³-hybridized carbons (Fsp3) is 0.400. The van der Waals surface area contributed by atoms with Crippen molar-refractivity contribution in [3.8, 4) is 17.2 Å². The van der Waals surface area contributed by atoms with Crippen molar-refractivity contribution < 1.29 is 4.74 Å². The molecule has 0 spiro atoms. The predicted octanol–water partition coefficient (Wildman–Crippen LogP) is 2.39. The first-order valence-electron chi connectivity index (χ1n) is 6.46. The Morgan fingerprint density at radius 2 is 2.10 bits per heavy atom. The van der Waals surface area contributed by atoms with Crippen LogP contribution in [0.5, 0.6) is 0 Å². The van der Waals surface area contributed by atoms with E-state index in [1.54, 1.807) is 13.3 Å². The van der Waals surface area contributed by atoms with Crippen LogP contribution in [0, 0.1) is 11.3 Å². The number of nitrogens with zero attached hydrogens (tertiary/aromatic N) is 4. The summed E-state index contributed by atoms with van der Waals surface area (Å²) in [6.07, 6.45) is 5.55. The molecule has 0 aliphatic heterocycles. The number of ether oxygens (including phenoxy) is 1. The molecule has 0 saturated heterocycles. The monoisotopic (exact) mass is 270 g/mol. The van der Waals surface area contributed by atoms with Crippen molar-refractivity contribution in [2.45, 2.75) is 25.8 Å². The van der Waals surface area contributed by atoms with Gasteiger partial charge in [0.15, 0.2) is 0 Å². The van der Waals surface area contributed by atoms with Crippen LogP contribution in [0.1, 0.15) is 19.5 Å². The molecular formula is C15H18N4O. The summed E-state index contributed by atoms with van der Waals surface area (Å²) in [5.41, 5.74) is 2.21. The van der Waals surface area contributed by atoms with Crippen LogP contribution in [-0.2, 0) is 16.7 Å². The van der Waals surface area contributed by atoms with Gasteiger partial charge in [0, 0.05) is 30.6 Å². The highest BCUT2D eigenvalue weighted by atomic mass is 16.5. The summed E-state index contributed by atoms with van der Waals surface area (Å²) in [5.74, 6) is 0. The summed E-state index contributed by atoms with van der Waals surface area (Å²) in [6.45, 7) is 5.08. The first-order valence-corrected chi connectivity index (χ1v) is 6.46. The molecule has 0 amide bonds. The number of methoxy groups -OCH3 is 1. The summed E-state index contributed by atoms with van der Waals surface area (Å²) in [7, 11) is 1.67. The van der Waals surface area contributed by atoms with Gasteiger partial charge in [0.2, 0.25) is 0 Å². The smallest absolute Gasteiger partial charge is 0.0937 e. The number of nitriles is 1. The average Bonchev–Trinajstić information content (AvgIpc) is 2.94. The van der Waals surface area contributed by atoms with Crippen molar-refractivity contribution in [3.05, 3.63) is 36.4 Å². The molecule has 20 heavy (non-hydrogen) atoms. The normalized spacial score (nSPS) is 11.3. The molecule has 5 heteroatoms. The van der Waals surface area contributed by atoms with Crippen molar-refractivity contribution in [3.63, 3.8) is 0 Å². The summed E-state index contributed by atoms with van der Waals surface area (Å²) in [4.78, 5) is 4.38. The molecule has 0 saturated carbocycles. The largest absolute Gasteiger partial charge is 0.383 e. The van der Waals surface area contributed by atoms with Gasteiger partial charge in [-0.3, -0.25) is 9.67 Å². The second-order valence-corrected chi connectivity index (χ2v) is 5.15. The SMILES string of the molecule is COCCn1cc(-c2ccc(C(C)(C)C#N)nc2)cn1. The van der Waals surface area contributed by atoms with Crippen LogP contribution in [0.15, 0.2) is 30.7 Å². The van der Waals surface area contributed by atoms with E-state index in [4.69, 9.17) is 10.00 Å². The first kappa shape index (κ1) is 14.2. The van der Waals surface area contributed by atoms with Gasteiger partial charge >= 0.3 is 0 Å². The van der Waals surface area contributed by atoms with Crippen LogP contribution < -0.4 is 0 Å². The van der Waals surface area contributed by atoms with Crippen molar-refractivity contribution in [2.24, 2.45) is 0 Å². The maximum Gasteiger partial charge on any atom is 0.0937 e. The Hall–Kier alpha value is -2.19. The minimum absolute atomic E-state index is 0.568. The fourth-order valence-corrected chi connectivity index (χ4v) is 1.81. The lowest BCUT2D eigenvalue weighted by Gasteiger charge is -2.14. The third kappa shape index (κ3) is 3.03. The lowest BCUT2D eigenvalue weighted by molar-refractivity contribution is 0.183. The third-order valence-electron chi connectivity index (χ3n) is 3.17. The highest BCUT2D eigenvalue weighted by Crippen LogP contribution is 2.23. The molecule has 104 valence electrons. The van der Waals surface area contributed by atoms with Crippen LogP contribution in [0.4, 0.5) is 0 Å². The quantitative estimate of drug-likeness (QED) is 0.836. The molecule has 0 N–H and O–H groups in total. The van der Waals surface area contributed by atoms with Gasteiger partial charge in [0.25, 0.3) is 0 Å². The van der Waals surface area contributed by atoms with E-state index in [0.717, 1.165) is 23.4 Å². The van der Waals surface area contributed by atoms with Crippen LogP contribution in [0.3, 0.4) is 0 Å². The second kappa shape index (κ2) is 5.85. The molecule has 2 aromatic heterocycles. The molecule has 2 rings (SSSR count). The lowest BCUT2D eigenvalue weighted by atomic mass is 9.90. The summed E-state index contributed by atoms with van der Waals surface area (Å²) < 4.78 is 6.86. The minimum Gasteiger partial charge on any atom is -0.383 e. The van der Waals surface area contributed by atoms with E-state index in [1.165, 1.54) is 0 Å². The standard InChI is InChI=1S/C15H18N4O/c1-15(2,11-16)14-5-4-12(8-17-14)13-9-18-19(10-13)6-7-20-3/h4-5,8-10H,6-7H2,1-3H3. The van der Waals surface area contributed by atoms with Gasteiger partial charge in [-0.2, -0.15) is 10.4 Å². The zero-order valence-electron chi connectivity index (χ0n) is 12.0. The number of pyridine rings is 1. The van der Waals surface area contributed by atoms with Crippen molar-refractivity contribution in [2.75, 3.05) is 13.7 Å². The number of hydrogen-bond acceptors (Lipinski definition) is 4. The van der Waals surface area contributed by atoms with Gasteiger partial charge in [-0.1, -0.05) is 6.07 Å². The summed E-state index contributed by atoms with van der Waals surface area (Å²) in [6, 6.07) is 6.12. The van der Waals surface area contributed by atoms with E-state index in [0.29, 0.717) is 6.61 Å². The Bertz CT molecular complexity index is 608. The lowest BCUT2D eigenvalue weighted by Crippen LogP contribution is -2.15. The molecular weight excluding hydrogens is 252 g/mol. The number of aromatic nitrogens is 3. The topological polar surface area (TPSA) is 63.7 Å². The molecule has 0 unspecified atom stereocenters. The van der Waals surface area contributed by atoms with Gasteiger partial charge in [0.05, 0.1) is 36.5 Å². The van der Waals surface area contributed by atoms with Gasteiger partial charge in [-0.25, -0.2) is 0 Å². The molecule has 2 aromatic rings. The predicted molar refractivity (Wildman–Crippen MR) is 76.0 cm³/mol. The van der Waals surface area contributed by atoms with Crippen molar-refractivity contribution >= 4 is 0 Å². The minimum atomic E-state index is -0.568. The molecule has 0 aromatic carbocycles. The molecule has 2 heterocycles. The van der Waals surface area contributed by atoms with Crippen LogP contribution in [0.25, 0.3) is 11.1 Å². The summed E-state index contributed by atoms with van der Waals surface area (Å²) in [5, 5.41) is 13.4. The molecule has 5 nitrogen and oxygen atoms in total. The third-order valence-corrected chi connectivity index (χ3v) is 3.17. The molecule has 0 aliphatic rings. The Balaban J connectivity index is 2.18. The van der Waals surface area contributed by atoms with Crippen LogP contribution >= 0.6 is 0 Å². The van der Waals surface area contributed by atoms with Gasteiger partial charge in [-0.15, -0.1) is 0 Å². The molecule has 0 atom stereocenters.